The van der Waals surface area contributed by atoms with Gasteiger partial charge < -0.3 is 15.2 Å². The summed E-state index contributed by atoms with van der Waals surface area (Å²) in [5.74, 6) is 0.137. The van der Waals surface area contributed by atoms with Gasteiger partial charge in [0.2, 0.25) is 5.91 Å². The molecule has 1 aliphatic rings. The van der Waals surface area contributed by atoms with Gasteiger partial charge in [0, 0.05) is 19.1 Å². The Kier molecular flexibility index (Phi) is 6.28. The molecule has 1 aromatic carbocycles. The Hall–Kier alpha value is -1.05. The van der Waals surface area contributed by atoms with Crippen molar-refractivity contribution in [2.24, 2.45) is 5.92 Å². The van der Waals surface area contributed by atoms with Gasteiger partial charge >= 0.3 is 0 Å². The van der Waals surface area contributed by atoms with E-state index in [4.69, 9.17) is 27.9 Å². The molecule has 1 amide bonds. The van der Waals surface area contributed by atoms with Crippen LogP contribution in [0.1, 0.15) is 6.92 Å². The molecule has 0 saturated carbocycles. The summed E-state index contributed by atoms with van der Waals surface area (Å²) in [5, 5.41) is 13.3. The molecule has 1 fully saturated rings. The van der Waals surface area contributed by atoms with Gasteiger partial charge in [-0.15, -0.1) is 0 Å². The molecule has 1 heterocycles. The van der Waals surface area contributed by atoms with Crippen LogP contribution in [0.5, 0.6) is 5.75 Å². The fourth-order valence-electron chi connectivity index (χ4n) is 2.12. The van der Waals surface area contributed by atoms with Gasteiger partial charge in [0.15, 0.2) is 0 Å². The van der Waals surface area contributed by atoms with Crippen molar-refractivity contribution in [2.45, 2.75) is 19.1 Å². The third kappa shape index (κ3) is 4.47. The monoisotopic (exact) mass is 347 g/mol. The second-order valence-corrected chi connectivity index (χ2v) is 5.97. The molecule has 1 aliphatic heterocycles. The van der Waals surface area contributed by atoms with Gasteiger partial charge in [0.1, 0.15) is 23.5 Å². The number of carbonyl (C=O) groups excluding carboxylic acids is 1. The molecule has 22 heavy (non-hydrogen) atoms. The molecule has 0 bridgehead atoms. The fraction of sp³-hybridized carbons (Fsp3) is 0.500. The summed E-state index contributed by atoms with van der Waals surface area (Å²) >= 11 is 11.9. The van der Waals surface area contributed by atoms with Gasteiger partial charge in [-0.05, 0) is 19.1 Å². The number of ether oxygens (including phenoxy) is 1. The second kappa shape index (κ2) is 7.99. The Morgan fingerprint density at radius 2 is 2.32 bits per heavy atom. The van der Waals surface area contributed by atoms with Gasteiger partial charge in [0.05, 0.1) is 10.9 Å². The van der Waals surface area contributed by atoms with Crippen LogP contribution in [0.4, 0.5) is 0 Å². The SMILES string of the molecule is CC1NNCC1C(=O)NCC(O)COc1cccc(Cl)c1Cl. The zero-order valence-electron chi connectivity index (χ0n) is 12.1. The molecule has 1 saturated heterocycles. The van der Waals surface area contributed by atoms with Crippen LogP contribution in [0, 0.1) is 5.92 Å². The molecule has 3 unspecified atom stereocenters. The third-order valence-electron chi connectivity index (χ3n) is 3.45. The smallest absolute Gasteiger partial charge is 0.226 e. The van der Waals surface area contributed by atoms with Crippen LogP contribution >= 0.6 is 23.2 Å². The third-order valence-corrected chi connectivity index (χ3v) is 4.25. The second-order valence-electron chi connectivity index (χ2n) is 5.18. The average molecular weight is 348 g/mol. The number of hydrazine groups is 1. The molecule has 4 N–H and O–H groups in total. The number of benzene rings is 1. The maximum atomic E-state index is 12.0. The first-order chi connectivity index (χ1) is 10.5. The van der Waals surface area contributed by atoms with Crippen LogP contribution in [-0.2, 0) is 4.79 Å². The molecule has 2 rings (SSSR count). The summed E-state index contributed by atoms with van der Waals surface area (Å²) < 4.78 is 5.42. The molecule has 0 aromatic heterocycles. The van der Waals surface area contributed by atoms with Crippen LogP contribution in [-0.4, -0.2) is 42.9 Å². The summed E-state index contributed by atoms with van der Waals surface area (Å²) in [6, 6.07) is 5.08. The van der Waals surface area contributed by atoms with E-state index in [1.807, 2.05) is 6.92 Å². The molecule has 3 atom stereocenters. The first-order valence-corrected chi connectivity index (χ1v) is 7.75. The summed E-state index contributed by atoms with van der Waals surface area (Å²) in [4.78, 5) is 12.0. The largest absolute Gasteiger partial charge is 0.489 e. The summed E-state index contributed by atoms with van der Waals surface area (Å²) in [6.45, 7) is 2.61. The Morgan fingerprint density at radius 1 is 1.55 bits per heavy atom. The van der Waals surface area contributed by atoms with Crippen molar-refractivity contribution in [3.05, 3.63) is 28.2 Å². The van der Waals surface area contributed by atoms with Gasteiger partial charge in [-0.1, -0.05) is 29.3 Å². The Labute approximate surface area is 139 Å². The predicted octanol–water partition coefficient (Wildman–Crippen LogP) is 0.962. The van der Waals surface area contributed by atoms with E-state index in [1.54, 1.807) is 18.2 Å². The van der Waals surface area contributed by atoms with E-state index in [0.29, 0.717) is 22.3 Å². The topological polar surface area (TPSA) is 82.6 Å². The normalized spacial score (nSPS) is 22.4. The molecule has 0 spiro atoms. The number of nitrogens with one attached hydrogen (secondary N) is 3. The Bertz CT molecular complexity index is 530. The first-order valence-electron chi connectivity index (χ1n) is 7.00. The predicted molar refractivity (Wildman–Crippen MR) is 85.1 cm³/mol. The highest BCUT2D eigenvalue weighted by atomic mass is 35.5. The Balaban J connectivity index is 1.75. The lowest BCUT2D eigenvalue weighted by atomic mass is 10.0. The Morgan fingerprint density at radius 3 is 3.00 bits per heavy atom. The highest BCUT2D eigenvalue weighted by molar-refractivity contribution is 6.42. The van der Waals surface area contributed by atoms with E-state index in [1.165, 1.54) is 0 Å². The van der Waals surface area contributed by atoms with Crippen molar-refractivity contribution < 1.29 is 14.6 Å². The molecule has 0 radical (unpaired) electrons. The van der Waals surface area contributed by atoms with Crippen molar-refractivity contribution >= 4 is 29.1 Å². The number of rotatable bonds is 6. The van der Waals surface area contributed by atoms with Crippen molar-refractivity contribution in [2.75, 3.05) is 19.7 Å². The van der Waals surface area contributed by atoms with Gasteiger partial charge in [-0.3, -0.25) is 15.6 Å². The number of hydrogen-bond acceptors (Lipinski definition) is 5. The molecular weight excluding hydrogens is 329 g/mol. The number of aliphatic hydroxyl groups excluding tert-OH is 1. The molecule has 0 aliphatic carbocycles. The maximum Gasteiger partial charge on any atom is 0.226 e. The lowest BCUT2D eigenvalue weighted by Crippen LogP contribution is -2.42. The lowest BCUT2D eigenvalue weighted by Gasteiger charge is -2.17. The zero-order chi connectivity index (χ0) is 16.1. The number of hydrogen-bond donors (Lipinski definition) is 4. The van der Waals surface area contributed by atoms with Crippen molar-refractivity contribution in [3.8, 4) is 5.75 Å². The molecule has 1 aromatic rings. The van der Waals surface area contributed by atoms with Gasteiger partial charge in [-0.2, -0.15) is 0 Å². The highest BCUT2D eigenvalue weighted by Gasteiger charge is 2.29. The van der Waals surface area contributed by atoms with E-state index in [-0.39, 0.29) is 31.0 Å². The molecule has 6 nitrogen and oxygen atoms in total. The van der Waals surface area contributed by atoms with E-state index >= 15 is 0 Å². The average Bonchev–Trinajstić information content (AvgIpc) is 2.92. The maximum absolute atomic E-state index is 12.0. The van der Waals surface area contributed by atoms with Gasteiger partial charge in [-0.25, -0.2) is 0 Å². The van der Waals surface area contributed by atoms with Crippen LogP contribution < -0.4 is 20.9 Å². The van der Waals surface area contributed by atoms with Crippen LogP contribution in [0.2, 0.25) is 10.0 Å². The summed E-state index contributed by atoms with van der Waals surface area (Å²) in [7, 11) is 0. The lowest BCUT2D eigenvalue weighted by molar-refractivity contribution is -0.125. The van der Waals surface area contributed by atoms with E-state index in [2.05, 4.69) is 16.2 Å². The van der Waals surface area contributed by atoms with Crippen LogP contribution in [0.25, 0.3) is 0 Å². The standard InChI is InChI=1S/C14H19Cl2N3O3/c1-8-10(6-18-19-8)14(21)17-5-9(20)7-22-12-4-2-3-11(15)13(12)16/h2-4,8-10,18-20H,5-7H2,1H3,(H,17,21). The molecular formula is C14H19Cl2N3O3. The number of carbonyl (C=O) groups is 1. The number of amides is 1. The quantitative estimate of drug-likeness (QED) is 0.616. The summed E-state index contributed by atoms with van der Waals surface area (Å²) in [5.41, 5.74) is 5.89. The number of aliphatic hydroxyl groups is 1. The zero-order valence-corrected chi connectivity index (χ0v) is 13.6. The minimum absolute atomic E-state index is 0.0110. The fourth-order valence-corrected chi connectivity index (χ4v) is 2.46. The van der Waals surface area contributed by atoms with E-state index in [0.717, 1.165) is 0 Å². The van der Waals surface area contributed by atoms with Gasteiger partial charge in [0.25, 0.3) is 0 Å². The van der Waals surface area contributed by atoms with E-state index < -0.39 is 6.10 Å². The van der Waals surface area contributed by atoms with Crippen molar-refractivity contribution in [1.29, 1.82) is 0 Å². The highest BCUT2D eigenvalue weighted by Crippen LogP contribution is 2.31. The molecule has 122 valence electrons. The summed E-state index contributed by atoms with van der Waals surface area (Å²) in [6.07, 6.45) is -0.836. The van der Waals surface area contributed by atoms with Crippen LogP contribution in [0.3, 0.4) is 0 Å². The minimum atomic E-state index is -0.836. The van der Waals surface area contributed by atoms with Crippen LogP contribution in [0.15, 0.2) is 18.2 Å². The van der Waals surface area contributed by atoms with Crippen molar-refractivity contribution in [3.63, 3.8) is 0 Å². The minimum Gasteiger partial charge on any atom is -0.489 e. The number of halogens is 2. The van der Waals surface area contributed by atoms with Crippen molar-refractivity contribution in [1.82, 2.24) is 16.2 Å². The van der Waals surface area contributed by atoms with E-state index in [9.17, 15) is 9.90 Å². The first kappa shape index (κ1) is 17.3. The molecule has 8 heteroatoms.